The molecule has 96 valence electrons. The van der Waals surface area contributed by atoms with Crippen molar-refractivity contribution in [2.75, 3.05) is 6.26 Å². The van der Waals surface area contributed by atoms with Crippen LogP contribution in [0.5, 0.6) is 0 Å². The molecular formula is C14H29NS. The Morgan fingerprint density at radius 1 is 1.12 bits per heavy atom. The SMILES string of the molecule is CSC1CCCCC1NC(C)CCC(C)C. The van der Waals surface area contributed by atoms with E-state index in [0.717, 1.165) is 17.2 Å². The molecule has 1 fully saturated rings. The van der Waals surface area contributed by atoms with E-state index >= 15 is 0 Å². The normalized spacial score (nSPS) is 28.3. The van der Waals surface area contributed by atoms with Gasteiger partial charge in [-0.3, -0.25) is 0 Å². The minimum atomic E-state index is 0.695. The van der Waals surface area contributed by atoms with Gasteiger partial charge in [-0.25, -0.2) is 0 Å². The predicted molar refractivity (Wildman–Crippen MR) is 76.2 cm³/mol. The second-order valence-corrected chi connectivity index (χ2v) is 6.78. The van der Waals surface area contributed by atoms with Gasteiger partial charge < -0.3 is 5.32 Å². The molecule has 0 aromatic rings. The van der Waals surface area contributed by atoms with Gasteiger partial charge >= 0.3 is 0 Å². The second kappa shape index (κ2) is 7.60. The summed E-state index contributed by atoms with van der Waals surface area (Å²) in [5, 5.41) is 4.71. The number of nitrogens with one attached hydrogen (secondary N) is 1. The van der Waals surface area contributed by atoms with Crippen molar-refractivity contribution in [3.05, 3.63) is 0 Å². The van der Waals surface area contributed by atoms with Crippen molar-refractivity contribution in [1.29, 1.82) is 0 Å². The summed E-state index contributed by atoms with van der Waals surface area (Å²) in [6.45, 7) is 6.99. The lowest BCUT2D eigenvalue weighted by atomic mass is 9.93. The molecule has 0 radical (unpaired) electrons. The number of hydrogen-bond acceptors (Lipinski definition) is 2. The first kappa shape index (κ1) is 14.4. The van der Waals surface area contributed by atoms with Crippen molar-refractivity contribution in [1.82, 2.24) is 5.32 Å². The number of thioether (sulfide) groups is 1. The quantitative estimate of drug-likeness (QED) is 0.754. The van der Waals surface area contributed by atoms with Gasteiger partial charge in [-0.2, -0.15) is 11.8 Å². The highest BCUT2D eigenvalue weighted by molar-refractivity contribution is 7.99. The average Bonchev–Trinajstić information content (AvgIpc) is 2.27. The van der Waals surface area contributed by atoms with E-state index in [1.165, 1.54) is 38.5 Å². The van der Waals surface area contributed by atoms with E-state index in [-0.39, 0.29) is 0 Å². The van der Waals surface area contributed by atoms with Crippen molar-refractivity contribution in [3.8, 4) is 0 Å². The topological polar surface area (TPSA) is 12.0 Å². The molecule has 3 atom stereocenters. The summed E-state index contributed by atoms with van der Waals surface area (Å²) >= 11 is 2.06. The molecule has 0 bridgehead atoms. The van der Waals surface area contributed by atoms with E-state index < -0.39 is 0 Å². The maximum Gasteiger partial charge on any atom is 0.0198 e. The van der Waals surface area contributed by atoms with E-state index in [4.69, 9.17) is 0 Å². The third-order valence-electron chi connectivity index (χ3n) is 3.68. The summed E-state index contributed by atoms with van der Waals surface area (Å²) in [6, 6.07) is 1.46. The minimum Gasteiger partial charge on any atom is -0.310 e. The van der Waals surface area contributed by atoms with Crippen LogP contribution >= 0.6 is 11.8 Å². The summed E-state index contributed by atoms with van der Waals surface area (Å²) in [7, 11) is 0. The molecule has 1 saturated carbocycles. The van der Waals surface area contributed by atoms with Crippen LogP contribution in [0, 0.1) is 5.92 Å². The fraction of sp³-hybridized carbons (Fsp3) is 1.00. The van der Waals surface area contributed by atoms with Crippen LogP contribution in [-0.2, 0) is 0 Å². The van der Waals surface area contributed by atoms with Crippen LogP contribution in [-0.4, -0.2) is 23.6 Å². The van der Waals surface area contributed by atoms with Gasteiger partial charge in [-0.15, -0.1) is 0 Å². The third-order valence-corrected chi connectivity index (χ3v) is 4.85. The highest BCUT2D eigenvalue weighted by Crippen LogP contribution is 2.27. The predicted octanol–water partition coefficient (Wildman–Crippen LogP) is 4.07. The van der Waals surface area contributed by atoms with Crippen LogP contribution in [0.25, 0.3) is 0 Å². The molecule has 0 amide bonds. The zero-order valence-corrected chi connectivity index (χ0v) is 12.3. The van der Waals surface area contributed by atoms with E-state index in [0.29, 0.717) is 6.04 Å². The van der Waals surface area contributed by atoms with Crippen LogP contribution in [0.4, 0.5) is 0 Å². The second-order valence-electron chi connectivity index (χ2n) is 5.70. The molecular weight excluding hydrogens is 214 g/mol. The van der Waals surface area contributed by atoms with E-state index in [1.54, 1.807) is 0 Å². The van der Waals surface area contributed by atoms with Crippen molar-refractivity contribution in [2.24, 2.45) is 5.92 Å². The molecule has 0 aliphatic heterocycles. The summed E-state index contributed by atoms with van der Waals surface area (Å²) < 4.78 is 0. The molecule has 16 heavy (non-hydrogen) atoms. The van der Waals surface area contributed by atoms with Gasteiger partial charge in [0.25, 0.3) is 0 Å². The van der Waals surface area contributed by atoms with Crippen LogP contribution in [0.15, 0.2) is 0 Å². The Kier molecular flexibility index (Phi) is 6.83. The minimum absolute atomic E-state index is 0.695. The molecule has 2 heteroatoms. The van der Waals surface area contributed by atoms with Gasteiger partial charge in [0.05, 0.1) is 0 Å². The van der Waals surface area contributed by atoms with Gasteiger partial charge in [-0.05, 0) is 44.8 Å². The van der Waals surface area contributed by atoms with Crippen LogP contribution in [0.2, 0.25) is 0 Å². The number of hydrogen-bond donors (Lipinski definition) is 1. The zero-order valence-electron chi connectivity index (χ0n) is 11.5. The largest absolute Gasteiger partial charge is 0.310 e. The van der Waals surface area contributed by atoms with Crippen LogP contribution in [0.1, 0.15) is 59.3 Å². The lowest BCUT2D eigenvalue weighted by molar-refractivity contribution is 0.335. The molecule has 1 rings (SSSR count). The fourth-order valence-corrected chi connectivity index (χ4v) is 3.55. The van der Waals surface area contributed by atoms with E-state index in [2.05, 4.69) is 44.1 Å². The Labute approximate surface area is 106 Å². The van der Waals surface area contributed by atoms with Gasteiger partial charge in [0, 0.05) is 17.3 Å². The van der Waals surface area contributed by atoms with Gasteiger partial charge in [0.2, 0.25) is 0 Å². The molecule has 3 unspecified atom stereocenters. The Bertz CT molecular complexity index is 182. The van der Waals surface area contributed by atoms with Crippen LogP contribution in [0.3, 0.4) is 0 Å². The first-order valence-electron chi connectivity index (χ1n) is 6.92. The Hall–Kier alpha value is 0.310. The lowest BCUT2D eigenvalue weighted by Crippen LogP contribution is -2.44. The highest BCUT2D eigenvalue weighted by Gasteiger charge is 2.24. The first-order chi connectivity index (χ1) is 7.63. The van der Waals surface area contributed by atoms with E-state index in [9.17, 15) is 0 Å². The molecule has 0 aromatic heterocycles. The molecule has 1 aliphatic rings. The number of rotatable bonds is 6. The molecule has 1 aliphatic carbocycles. The third kappa shape index (κ3) is 5.09. The van der Waals surface area contributed by atoms with Gasteiger partial charge in [0.15, 0.2) is 0 Å². The smallest absolute Gasteiger partial charge is 0.0198 e. The molecule has 0 heterocycles. The molecule has 0 aromatic carbocycles. The Morgan fingerprint density at radius 3 is 2.44 bits per heavy atom. The van der Waals surface area contributed by atoms with Crippen molar-refractivity contribution < 1.29 is 0 Å². The van der Waals surface area contributed by atoms with Crippen molar-refractivity contribution in [3.63, 3.8) is 0 Å². The molecule has 0 spiro atoms. The molecule has 1 nitrogen and oxygen atoms in total. The monoisotopic (exact) mass is 243 g/mol. The Balaban J connectivity index is 2.27. The maximum absolute atomic E-state index is 3.85. The first-order valence-corrected chi connectivity index (χ1v) is 8.21. The van der Waals surface area contributed by atoms with E-state index in [1.807, 2.05) is 0 Å². The average molecular weight is 243 g/mol. The summed E-state index contributed by atoms with van der Waals surface area (Å²) in [4.78, 5) is 0. The fourth-order valence-electron chi connectivity index (χ4n) is 2.60. The summed E-state index contributed by atoms with van der Waals surface area (Å²) in [5.74, 6) is 0.840. The van der Waals surface area contributed by atoms with Crippen molar-refractivity contribution >= 4 is 11.8 Å². The van der Waals surface area contributed by atoms with Gasteiger partial charge in [-0.1, -0.05) is 26.7 Å². The van der Waals surface area contributed by atoms with Gasteiger partial charge in [0.1, 0.15) is 0 Å². The molecule has 1 N–H and O–H groups in total. The van der Waals surface area contributed by atoms with Crippen LogP contribution < -0.4 is 5.32 Å². The highest BCUT2D eigenvalue weighted by atomic mass is 32.2. The molecule has 0 saturated heterocycles. The standard InChI is InChI=1S/C14H29NS/c1-11(2)9-10-12(3)15-13-7-5-6-8-14(13)16-4/h11-15H,5-10H2,1-4H3. The summed E-state index contributed by atoms with van der Waals surface area (Å²) in [5.41, 5.74) is 0. The maximum atomic E-state index is 3.85. The Morgan fingerprint density at radius 2 is 1.81 bits per heavy atom. The van der Waals surface area contributed by atoms with Crippen molar-refractivity contribution in [2.45, 2.75) is 76.6 Å². The lowest BCUT2D eigenvalue weighted by Gasteiger charge is -2.33. The zero-order chi connectivity index (χ0) is 12.0. The summed E-state index contributed by atoms with van der Waals surface area (Å²) in [6.07, 6.45) is 10.6.